The van der Waals surface area contributed by atoms with Gasteiger partial charge in [0.2, 0.25) is 0 Å². The van der Waals surface area contributed by atoms with Crippen molar-refractivity contribution in [3.63, 3.8) is 0 Å². The number of ether oxygens (including phenoxy) is 2. The molecule has 5 atom stereocenters. The monoisotopic (exact) mass is 741 g/mol. The Morgan fingerprint density at radius 2 is 2.00 bits per heavy atom. The minimum Gasteiger partial charge on any atom is -0.491 e. The molecule has 0 spiro atoms. The molecular formula is C40H44ClN5O5S. The first kappa shape index (κ1) is 36.1. The fourth-order valence-electron chi connectivity index (χ4n) is 7.49. The first-order chi connectivity index (χ1) is 25.2. The molecule has 0 saturated heterocycles. The van der Waals surface area contributed by atoms with Gasteiger partial charge in [-0.1, -0.05) is 36.7 Å². The number of aliphatic imine (C=N–C) groups is 1. The van der Waals surface area contributed by atoms with Crippen LogP contribution in [0.15, 0.2) is 88.8 Å². The van der Waals surface area contributed by atoms with Gasteiger partial charge in [0.1, 0.15) is 11.3 Å². The maximum Gasteiger partial charge on any atom is 0.285 e. The molecule has 2 aromatic heterocycles. The summed E-state index contributed by atoms with van der Waals surface area (Å²) >= 11 is 6.47. The van der Waals surface area contributed by atoms with Gasteiger partial charge in [-0.05, 0) is 110 Å². The van der Waals surface area contributed by atoms with Gasteiger partial charge >= 0.3 is 0 Å². The molecule has 2 bridgehead atoms. The number of hydrogen-bond acceptors (Lipinski definition) is 7. The van der Waals surface area contributed by atoms with Crippen LogP contribution in [0, 0.1) is 17.8 Å². The number of allylic oxidation sites excluding steroid dienone is 1. The highest BCUT2D eigenvalue weighted by atomic mass is 35.5. The Bertz CT molecular complexity index is 2120. The number of aryl methyl sites for hydroxylation is 1. The SMILES string of the molecule is CO[C@H]1/C=C/C[C@H](C)CS(=O)(/C=N/C(=O)c2cc3ccncn3c2)=NC(=O)c2ccc3c(c2)N(Cc2ccc(Cl)cc2CCCCO3)C[C@@H]2CC[C@H]21. The van der Waals surface area contributed by atoms with Crippen molar-refractivity contribution in [1.29, 1.82) is 0 Å². The Morgan fingerprint density at radius 3 is 2.81 bits per heavy atom. The molecule has 1 fully saturated rings. The number of benzene rings is 2. The van der Waals surface area contributed by atoms with Gasteiger partial charge in [-0.2, -0.15) is 4.36 Å². The van der Waals surface area contributed by atoms with E-state index < -0.39 is 21.5 Å². The number of methoxy groups -OCH3 is 1. The largest absolute Gasteiger partial charge is 0.491 e. The Hall–Kier alpha value is -4.32. The zero-order chi connectivity index (χ0) is 36.2. The van der Waals surface area contributed by atoms with Crippen LogP contribution in [0.3, 0.4) is 0 Å². The smallest absolute Gasteiger partial charge is 0.285 e. The molecule has 272 valence electrons. The summed E-state index contributed by atoms with van der Waals surface area (Å²) in [5, 5.41) is 0.712. The molecule has 1 aliphatic carbocycles. The molecular weight excluding hydrogens is 698 g/mol. The Kier molecular flexibility index (Phi) is 10.9. The second-order valence-corrected chi connectivity index (χ2v) is 16.7. The Morgan fingerprint density at radius 1 is 1.12 bits per heavy atom. The summed E-state index contributed by atoms with van der Waals surface area (Å²) < 4.78 is 33.0. The topological polar surface area (TPSA) is 115 Å². The highest BCUT2D eigenvalue weighted by molar-refractivity contribution is 8.06. The Labute approximate surface area is 310 Å². The maximum atomic E-state index is 14.6. The molecule has 2 amide bonds. The van der Waals surface area contributed by atoms with Crippen LogP contribution in [-0.4, -0.2) is 63.1 Å². The highest BCUT2D eigenvalue weighted by Gasteiger charge is 2.38. The van der Waals surface area contributed by atoms with Crippen molar-refractivity contribution in [3.8, 4) is 5.75 Å². The van der Waals surface area contributed by atoms with E-state index in [0.29, 0.717) is 47.7 Å². The van der Waals surface area contributed by atoms with Crippen molar-refractivity contribution in [1.82, 2.24) is 9.38 Å². The summed E-state index contributed by atoms with van der Waals surface area (Å²) in [6.07, 6.45) is 14.4. The van der Waals surface area contributed by atoms with Gasteiger partial charge in [-0.15, -0.1) is 0 Å². The molecule has 1 unspecified atom stereocenters. The molecule has 12 heteroatoms. The van der Waals surface area contributed by atoms with E-state index >= 15 is 0 Å². The molecule has 4 aromatic rings. The number of hydrogen-bond donors (Lipinski definition) is 0. The van der Waals surface area contributed by atoms with Gasteiger partial charge in [-0.25, -0.2) is 14.2 Å². The first-order valence-corrected chi connectivity index (χ1v) is 20.1. The minimum atomic E-state index is -3.41. The number of aromatic nitrogens is 2. The number of fused-ring (bicyclic) bond motifs is 4. The second-order valence-electron chi connectivity index (χ2n) is 14.2. The average molecular weight is 742 g/mol. The lowest BCUT2D eigenvalue weighted by atomic mass is 9.70. The summed E-state index contributed by atoms with van der Waals surface area (Å²) in [5.41, 5.74) is 5.63. The third-order valence-electron chi connectivity index (χ3n) is 10.4. The number of rotatable bonds is 3. The lowest BCUT2D eigenvalue weighted by Crippen LogP contribution is -2.43. The van der Waals surface area contributed by atoms with Gasteiger partial charge < -0.3 is 18.8 Å². The average Bonchev–Trinajstić information content (AvgIpc) is 3.55. The summed E-state index contributed by atoms with van der Waals surface area (Å²) in [7, 11) is -1.66. The van der Waals surface area contributed by atoms with Gasteiger partial charge in [0.15, 0.2) is 0 Å². The van der Waals surface area contributed by atoms with Crippen LogP contribution in [0.4, 0.5) is 5.69 Å². The molecule has 3 aliphatic rings. The van der Waals surface area contributed by atoms with Crippen molar-refractivity contribution in [2.75, 3.05) is 30.9 Å². The molecule has 0 N–H and O–H groups in total. The number of nitrogens with zero attached hydrogens (tertiary/aromatic N) is 5. The summed E-state index contributed by atoms with van der Waals surface area (Å²) in [4.78, 5) is 37.7. The maximum absolute atomic E-state index is 14.6. The fraction of sp³-hybridized carbons (Fsp3) is 0.400. The van der Waals surface area contributed by atoms with Gasteiger partial charge in [0.05, 0.1) is 40.0 Å². The normalized spacial score (nSPS) is 26.3. The van der Waals surface area contributed by atoms with Crippen molar-refractivity contribution in [2.45, 2.75) is 58.1 Å². The van der Waals surface area contributed by atoms with Crippen LogP contribution in [0.2, 0.25) is 5.02 Å². The quantitative estimate of drug-likeness (QED) is 0.120. The number of halogens is 1. The van der Waals surface area contributed by atoms with Crippen LogP contribution >= 0.6 is 11.6 Å². The van der Waals surface area contributed by atoms with Crippen LogP contribution in [0.5, 0.6) is 5.75 Å². The number of carbonyl (C=O) groups is 2. The summed E-state index contributed by atoms with van der Waals surface area (Å²) in [5.74, 6) is 0.0728. The van der Waals surface area contributed by atoms with E-state index in [9.17, 15) is 13.8 Å². The van der Waals surface area contributed by atoms with Crippen molar-refractivity contribution < 1.29 is 23.3 Å². The van der Waals surface area contributed by atoms with Crippen molar-refractivity contribution in [2.24, 2.45) is 27.1 Å². The van der Waals surface area contributed by atoms with E-state index in [1.807, 2.05) is 25.1 Å². The van der Waals surface area contributed by atoms with E-state index in [1.165, 1.54) is 11.1 Å². The zero-order valence-corrected chi connectivity index (χ0v) is 31.1. The fourth-order valence-corrected chi connectivity index (χ4v) is 9.49. The standard InChI is InChI=1S/C40H44ClN5O5S/c1-27-6-5-8-37(50-2)35-13-10-31(35)22-45-21-30-9-12-33(41)18-28(30)7-3-4-17-51-38-14-11-29(20-36(38)45)40(48)44-52(49,24-27)26-43-39(47)32-19-34-15-16-42-25-46(34)23-32/h5,8-9,11-12,14-16,18-20,23,25-27,31,35,37H,3-4,6-7,10,13,17,21-22,24H2,1-2H3/b8-5+,43-26+/t27-,31-,35+,37-,52?/m0/s1. The van der Waals surface area contributed by atoms with Gasteiger partial charge in [-0.3, -0.25) is 9.59 Å². The zero-order valence-electron chi connectivity index (χ0n) is 29.5. The molecule has 10 nitrogen and oxygen atoms in total. The lowest BCUT2D eigenvalue weighted by molar-refractivity contribution is 0.0133. The summed E-state index contributed by atoms with van der Waals surface area (Å²) in [6.45, 7) is 3.83. The highest BCUT2D eigenvalue weighted by Crippen LogP contribution is 2.42. The first-order valence-electron chi connectivity index (χ1n) is 18.0. The molecule has 2 aromatic carbocycles. The van der Waals surface area contributed by atoms with Crippen molar-refractivity contribution in [3.05, 3.63) is 107 Å². The summed E-state index contributed by atoms with van der Waals surface area (Å²) in [6, 6.07) is 14.9. The van der Waals surface area contributed by atoms with Gasteiger partial charge in [0, 0.05) is 54.4 Å². The van der Waals surface area contributed by atoms with Crippen LogP contribution in [-0.2, 0) is 27.4 Å². The number of carbonyl (C=O) groups excluding carboxylic acids is 2. The third-order valence-corrected chi connectivity index (χ3v) is 12.6. The van der Waals surface area contributed by atoms with E-state index in [-0.39, 0.29) is 23.3 Å². The Balaban J connectivity index is 1.30. The molecule has 0 radical (unpaired) electrons. The van der Waals surface area contributed by atoms with E-state index in [4.69, 9.17) is 21.1 Å². The molecule has 4 heterocycles. The van der Waals surface area contributed by atoms with Crippen molar-refractivity contribution >= 4 is 49.9 Å². The predicted octanol–water partition coefficient (Wildman–Crippen LogP) is 7.82. The van der Waals surface area contributed by atoms with Gasteiger partial charge in [0.25, 0.3) is 11.8 Å². The molecule has 2 aliphatic heterocycles. The molecule has 1 saturated carbocycles. The van der Waals surface area contributed by atoms with E-state index in [2.05, 4.69) is 43.5 Å². The van der Waals surface area contributed by atoms with E-state index in [1.54, 1.807) is 48.4 Å². The third kappa shape index (κ3) is 8.17. The van der Waals surface area contributed by atoms with Crippen LogP contribution < -0.4 is 9.64 Å². The van der Waals surface area contributed by atoms with E-state index in [0.717, 1.165) is 55.4 Å². The van der Waals surface area contributed by atoms with Crippen LogP contribution in [0.25, 0.3) is 5.52 Å². The second kappa shape index (κ2) is 15.7. The molecule has 7 rings (SSSR count). The number of anilines is 1. The minimum absolute atomic E-state index is 0.0464. The predicted molar refractivity (Wildman–Crippen MR) is 205 cm³/mol. The molecule has 52 heavy (non-hydrogen) atoms. The van der Waals surface area contributed by atoms with Crippen LogP contribution in [0.1, 0.15) is 70.9 Å². The number of amides is 2. The lowest BCUT2D eigenvalue weighted by Gasteiger charge is -2.43.